The SMILES string of the molecule is Cc1cc(F)c(NCc2ccn(C)n2)cc1F. The molecule has 5 heteroatoms. The predicted octanol–water partition coefficient (Wildman–Crippen LogP) is 2.62. The molecule has 0 aliphatic heterocycles. The van der Waals surface area contributed by atoms with Crippen LogP contribution in [0.3, 0.4) is 0 Å². The maximum Gasteiger partial charge on any atom is 0.146 e. The third-order valence-electron chi connectivity index (χ3n) is 2.48. The van der Waals surface area contributed by atoms with E-state index in [1.165, 1.54) is 13.0 Å². The summed E-state index contributed by atoms with van der Waals surface area (Å²) in [6, 6.07) is 4.15. The molecule has 1 N–H and O–H groups in total. The summed E-state index contributed by atoms with van der Waals surface area (Å²) in [6.45, 7) is 1.89. The van der Waals surface area contributed by atoms with E-state index in [-0.39, 0.29) is 5.69 Å². The molecule has 0 saturated carbocycles. The lowest BCUT2D eigenvalue weighted by Gasteiger charge is -2.07. The molecule has 0 amide bonds. The van der Waals surface area contributed by atoms with Crippen molar-refractivity contribution in [1.82, 2.24) is 9.78 Å². The van der Waals surface area contributed by atoms with Gasteiger partial charge in [-0.3, -0.25) is 4.68 Å². The van der Waals surface area contributed by atoms with Crippen LogP contribution in [-0.2, 0) is 13.6 Å². The molecule has 0 bridgehead atoms. The van der Waals surface area contributed by atoms with Crippen LogP contribution in [0.4, 0.5) is 14.5 Å². The number of hydrogen-bond acceptors (Lipinski definition) is 2. The number of hydrogen-bond donors (Lipinski definition) is 1. The number of nitrogens with one attached hydrogen (secondary N) is 1. The molecule has 17 heavy (non-hydrogen) atoms. The van der Waals surface area contributed by atoms with Crippen molar-refractivity contribution in [3.05, 3.63) is 47.3 Å². The monoisotopic (exact) mass is 237 g/mol. The highest BCUT2D eigenvalue weighted by atomic mass is 19.1. The van der Waals surface area contributed by atoms with E-state index in [4.69, 9.17) is 0 Å². The first-order valence-electron chi connectivity index (χ1n) is 5.24. The van der Waals surface area contributed by atoms with Crippen LogP contribution in [0.2, 0.25) is 0 Å². The largest absolute Gasteiger partial charge is 0.377 e. The number of aryl methyl sites for hydroxylation is 2. The van der Waals surface area contributed by atoms with E-state index in [0.717, 1.165) is 11.8 Å². The number of rotatable bonds is 3. The molecule has 0 atom stereocenters. The van der Waals surface area contributed by atoms with Gasteiger partial charge >= 0.3 is 0 Å². The number of anilines is 1. The van der Waals surface area contributed by atoms with Crippen LogP contribution in [0.5, 0.6) is 0 Å². The highest BCUT2D eigenvalue weighted by molar-refractivity contribution is 5.47. The summed E-state index contributed by atoms with van der Waals surface area (Å²) in [5.74, 6) is -0.880. The van der Waals surface area contributed by atoms with E-state index in [9.17, 15) is 8.78 Å². The fourth-order valence-electron chi connectivity index (χ4n) is 1.52. The Balaban J connectivity index is 2.11. The lowest BCUT2D eigenvalue weighted by atomic mass is 10.2. The normalized spacial score (nSPS) is 10.6. The summed E-state index contributed by atoms with van der Waals surface area (Å²) in [7, 11) is 1.80. The minimum absolute atomic E-state index is 0.152. The molecule has 0 aliphatic rings. The molecule has 1 aromatic carbocycles. The maximum absolute atomic E-state index is 13.5. The van der Waals surface area contributed by atoms with Gasteiger partial charge in [0.1, 0.15) is 11.6 Å². The quantitative estimate of drug-likeness (QED) is 0.889. The van der Waals surface area contributed by atoms with E-state index in [1.54, 1.807) is 17.9 Å². The van der Waals surface area contributed by atoms with Crippen molar-refractivity contribution in [2.24, 2.45) is 7.05 Å². The Labute approximate surface area is 98.1 Å². The second-order valence-corrected chi connectivity index (χ2v) is 3.92. The van der Waals surface area contributed by atoms with E-state index >= 15 is 0 Å². The van der Waals surface area contributed by atoms with Crippen molar-refractivity contribution in [3.8, 4) is 0 Å². The summed E-state index contributed by atoms with van der Waals surface area (Å²) in [6.07, 6.45) is 1.79. The molecule has 2 rings (SSSR count). The highest BCUT2D eigenvalue weighted by Gasteiger charge is 2.07. The van der Waals surface area contributed by atoms with Gasteiger partial charge in [-0.15, -0.1) is 0 Å². The van der Waals surface area contributed by atoms with Crippen molar-refractivity contribution < 1.29 is 8.78 Å². The van der Waals surface area contributed by atoms with Gasteiger partial charge in [-0.1, -0.05) is 0 Å². The van der Waals surface area contributed by atoms with Crippen LogP contribution in [0.15, 0.2) is 24.4 Å². The van der Waals surface area contributed by atoms with Crippen molar-refractivity contribution in [3.63, 3.8) is 0 Å². The van der Waals surface area contributed by atoms with Gasteiger partial charge in [-0.25, -0.2) is 8.78 Å². The first-order valence-corrected chi connectivity index (χ1v) is 5.24. The Morgan fingerprint density at radius 1 is 1.29 bits per heavy atom. The first-order chi connectivity index (χ1) is 8.06. The average Bonchev–Trinajstić information content (AvgIpc) is 2.68. The van der Waals surface area contributed by atoms with Gasteiger partial charge in [0.25, 0.3) is 0 Å². The van der Waals surface area contributed by atoms with Crippen LogP contribution in [-0.4, -0.2) is 9.78 Å². The van der Waals surface area contributed by atoms with Crippen LogP contribution in [0, 0.1) is 18.6 Å². The standard InChI is InChI=1S/C12H13F2N3/c1-8-5-11(14)12(6-10(8)13)15-7-9-3-4-17(2)16-9/h3-6,15H,7H2,1-2H3. The third kappa shape index (κ3) is 2.61. The van der Waals surface area contributed by atoms with E-state index in [0.29, 0.717) is 12.1 Å². The van der Waals surface area contributed by atoms with Crippen LogP contribution in [0.25, 0.3) is 0 Å². The molecule has 0 radical (unpaired) electrons. The van der Waals surface area contributed by atoms with Gasteiger partial charge in [0.05, 0.1) is 17.9 Å². The molecule has 90 valence electrons. The lowest BCUT2D eigenvalue weighted by Crippen LogP contribution is -2.04. The summed E-state index contributed by atoms with van der Waals surface area (Å²) >= 11 is 0. The predicted molar refractivity (Wildman–Crippen MR) is 61.6 cm³/mol. The minimum Gasteiger partial charge on any atom is -0.377 e. The van der Waals surface area contributed by atoms with Gasteiger partial charge in [-0.05, 0) is 24.6 Å². The summed E-state index contributed by atoms with van der Waals surface area (Å²) < 4.78 is 28.4. The number of aromatic nitrogens is 2. The van der Waals surface area contributed by atoms with Crippen LogP contribution >= 0.6 is 0 Å². The fourth-order valence-corrected chi connectivity index (χ4v) is 1.52. The zero-order chi connectivity index (χ0) is 12.4. The Hall–Kier alpha value is -1.91. The van der Waals surface area contributed by atoms with E-state index in [2.05, 4.69) is 10.4 Å². The lowest BCUT2D eigenvalue weighted by molar-refractivity contribution is 0.594. The molecule has 0 unspecified atom stereocenters. The third-order valence-corrected chi connectivity index (χ3v) is 2.48. The fraction of sp³-hybridized carbons (Fsp3) is 0.250. The van der Waals surface area contributed by atoms with Crippen LogP contribution < -0.4 is 5.32 Å². The Bertz CT molecular complexity index is 535. The Kier molecular flexibility index (Phi) is 3.08. The van der Waals surface area contributed by atoms with Crippen molar-refractivity contribution in [2.45, 2.75) is 13.5 Å². The zero-order valence-electron chi connectivity index (χ0n) is 9.67. The highest BCUT2D eigenvalue weighted by Crippen LogP contribution is 2.19. The molecular formula is C12H13F2N3. The van der Waals surface area contributed by atoms with Crippen LogP contribution in [0.1, 0.15) is 11.3 Å². The summed E-state index contributed by atoms with van der Waals surface area (Å²) in [4.78, 5) is 0. The van der Waals surface area contributed by atoms with E-state index in [1.807, 2.05) is 6.07 Å². The maximum atomic E-state index is 13.5. The van der Waals surface area contributed by atoms with Crippen molar-refractivity contribution >= 4 is 5.69 Å². The van der Waals surface area contributed by atoms with Gasteiger partial charge in [-0.2, -0.15) is 5.10 Å². The van der Waals surface area contributed by atoms with Gasteiger partial charge < -0.3 is 5.32 Å². The minimum atomic E-state index is -0.458. The summed E-state index contributed by atoms with van der Waals surface area (Å²) in [5, 5.41) is 6.95. The molecule has 0 saturated heterocycles. The zero-order valence-corrected chi connectivity index (χ0v) is 9.67. The number of nitrogens with zero attached hydrogens (tertiary/aromatic N) is 2. The molecule has 3 nitrogen and oxygen atoms in total. The van der Waals surface area contributed by atoms with Crippen molar-refractivity contribution in [2.75, 3.05) is 5.32 Å². The second kappa shape index (κ2) is 4.53. The van der Waals surface area contributed by atoms with Gasteiger partial charge in [0, 0.05) is 19.3 Å². The smallest absolute Gasteiger partial charge is 0.146 e. The van der Waals surface area contributed by atoms with E-state index < -0.39 is 11.6 Å². The Morgan fingerprint density at radius 3 is 2.71 bits per heavy atom. The molecule has 1 heterocycles. The second-order valence-electron chi connectivity index (χ2n) is 3.92. The topological polar surface area (TPSA) is 29.9 Å². The molecular weight excluding hydrogens is 224 g/mol. The molecule has 0 fully saturated rings. The molecule has 1 aromatic heterocycles. The molecule has 0 aliphatic carbocycles. The molecule has 0 spiro atoms. The van der Waals surface area contributed by atoms with Gasteiger partial charge in [0.15, 0.2) is 0 Å². The number of benzene rings is 1. The van der Waals surface area contributed by atoms with Crippen molar-refractivity contribution in [1.29, 1.82) is 0 Å². The number of halogens is 2. The summed E-state index contributed by atoms with van der Waals surface area (Å²) in [5.41, 5.74) is 1.22. The average molecular weight is 237 g/mol. The molecule has 2 aromatic rings. The first kappa shape index (κ1) is 11.6. The van der Waals surface area contributed by atoms with Gasteiger partial charge in [0.2, 0.25) is 0 Å². The Morgan fingerprint density at radius 2 is 2.06 bits per heavy atom.